The number of rotatable bonds is 3. The van der Waals surface area contributed by atoms with Crippen LogP contribution < -0.4 is 5.73 Å². The Balaban J connectivity index is 2.15. The number of aryl methyl sites for hydroxylation is 1. The smallest absolute Gasteiger partial charge is 0.219 e. The van der Waals surface area contributed by atoms with Crippen molar-refractivity contribution in [3.8, 4) is 0 Å². The van der Waals surface area contributed by atoms with Crippen molar-refractivity contribution in [2.24, 2.45) is 5.73 Å². The Morgan fingerprint density at radius 1 is 1.30 bits per heavy atom. The first-order chi connectivity index (χ1) is 9.49. The molecule has 0 aromatic heterocycles. The molecule has 0 spiro atoms. The lowest BCUT2D eigenvalue weighted by Gasteiger charge is -2.38. The number of carbonyl (C=O) groups excluding carboxylic acids is 1. The van der Waals surface area contributed by atoms with E-state index in [0.29, 0.717) is 4.99 Å². The van der Waals surface area contributed by atoms with Gasteiger partial charge in [-0.05, 0) is 12.5 Å². The van der Waals surface area contributed by atoms with Gasteiger partial charge in [0.25, 0.3) is 0 Å². The first-order valence-electron chi connectivity index (χ1n) is 6.84. The van der Waals surface area contributed by atoms with Crippen molar-refractivity contribution in [2.75, 3.05) is 26.2 Å². The standard InChI is InChI=1S/C15H21N3OS/c1-11-4-3-5-13(10-11)14(15(16)20)18-8-6-17(7-9-18)12(2)19/h3-5,10,14H,6-9H2,1-2H3,(H2,16,20). The first-order valence-corrected chi connectivity index (χ1v) is 7.25. The lowest BCUT2D eigenvalue weighted by Crippen LogP contribution is -2.51. The van der Waals surface area contributed by atoms with Crippen molar-refractivity contribution in [3.63, 3.8) is 0 Å². The molecule has 0 saturated carbocycles. The number of hydrogen-bond acceptors (Lipinski definition) is 3. The molecule has 1 heterocycles. The van der Waals surface area contributed by atoms with Crippen molar-refractivity contribution in [1.29, 1.82) is 0 Å². The average molecular weight is 291 g/mol. The van der Waals surface area contributed by atoms with Crippen molar-refractivity contribution < 1.29 is 4.79 Å². The lowest BCUT2D eigenvalue weighted by molar-refractivity contribution is -0.130. The second-order valence-electron chi connectivity index (χ2n) is 5.26. The van der Waals surface area contributed by atoms with Crippen molar-refractivity contribution in [1.82, 2.24) is 9.80 Å². The van der Waals surface area contributed by atoms with Gasteiger partial charge in [0, 0.05) is 33.1 Å². The van der Waals surface area contributed by atoms with E-state index in [2.05, 4.69) is 30.0 Å². The Bertz CT molecular complexity index is 510. The first kappa shape index (κ1) is 14.9. The molecule has 0 radical (unpaired) electrons. The largest absolute Gasteiger partial charge is 0.392 e. The fourth-order valence-corrected chi connectivity index (χ4v) is 2.98. The van der Waals surface area contributed by atoms with Crippen LogP contribution in [0.25, 0.3) is 0 Å². The van der Waals surface area contributed by atoms with E-state index >= 15 is 0 Å². The Kier molecular flexibility index (Phi) is 4.73. The van der Waals surface area contributed by atoms with Crippen LogP contribution in [0.4, 0.5) is 0 Å². The van der Waals surface area contributed by atoms with Crippen LogP contribution in [0.5, 0.6) is 0 Å². The van der Waals surface area contributed by atoms with Crippen LogP contribution in [0.2, 0.25) is 0 Å². The zero-order valence-corrected chi connectivity index (χ0v) is 12.8. The van der Waals surface area contributed by atoms with Crippen LogP contribution in [-0.2, 0) is 4.79 Å². The molecule has 1 aromatic rings. The van der Waals surface area contributed by atoms with E-state index in [-0.39, 0.29) is 11.9 Å². The highest BCUT2D eigenvalue weighted by atomic mass is 32.1. The van der Waals surface area contributed by atoms with E-state index in [0.717, 1.165) is 31.7 Å². The molecule has 0 bridgehead atoms. The highest BCUT2D eigenvalue weighted by molar-refractivity contribution is 7.80. The van der Waals surface area contributed by atoms with Crippen molar-refractivity contribution in [2.45, 2.75) is 19.9 Å². The quantitative estimate of drug-likeness (QED) is 0.857. The number of nitrogens with zero attached hydrogens (tertiary/aromatic N) is 2. The van der Waals surface area contributed by atoms with Gasteiger partial charge >= 0.3 is 0 Å². The third-order valence-electron chi connectivity index (χ3n) is 3.75. The number of amides is 1. The average Bonchev–Trinajstić information content (AvgIpc) is 2.39. The third kappa shape index (κ3) is 3.35. The monoisotopic (exact) mass is 291 g/mol. The van der Waals surface area contributed by atoms with Gasteiger partial charge in [0.05, 0.1) is 11.0 Å². The van der Waals surface area contributed by atoms with Crippen molar-refractivity contribution in [3.05, 3.63) is 35.4 Å². The van der Waals surface area contributed by atoms with Gasteiger partial charge in [0.1, 0.15) is 0 Å². The molecule has 1 amide bonds. The maximum Gasteiger partial charge on any atom is 0.219 e. The highest BCUT2D eigenvalue weighted by Crippen LogP contribution is 2.23. The van der Waals surface area contributed by atoms with Crippen LogP contribution >= 0.6 is 12.2 Å². The Morgan fingerprint density at radius 2 is 1.95 bits per heavy atom. The number of hydrogen-bond donors (Lipinski definition) is 1. The topological polar surface area (TPSA) is 49.6 Å². The molecule has 20 heavy (non-hydrogen) atoms. The molecular formula is C15H21N3OS. The fourth-order valence-electron chi connectivity index (χ4n) is 2.69. The lowest BCUT2D eigenvalue weighted by atomic mass is 10.0. The number of piperazine rings is 1. The molecule has 1 aliphatic rings. The van der Waals surface area contributed by atoms with Gasteiger partial charge in [-0.15, -0.1) is 0 Å². The number of thiocarbonyl (C=S) groups is 1. The summed E-state index contributed by atoms with van der Waals surface area (Å²) in [7, 11) is 0. The summed E-state index contributed by atoms with van der Waals surface area (Å²) >= 11 is 5.26. The molecule has 1 saturated heterocycles. The maximum absolute atomic E-state index is 11.4. The molecule has 1 unspecified atom stereocenters. The van der Waals surface area contributed by atoms with E-state index in [1.807, 2.05) is 11.0 Å². The minimum absolute atomic E-state index is 0.0426. The molecule has 1 fully saturated rings. The van der Waals surface area contributed by atoms with Gasteiger partial charge in [0.2, 0.25) is 5.91 Å². The Hall–Kier alpha value is -1.46. The summed E-state index contributed by atoms with van der Waals surface area (Å²) in [4.78, 5) is 16.0. The molecule has 5 heteroatoms. The predicted octanol–water partition coefficient (Wildman–Crippen LogP) is 1.49. The molecule has 0 aliphatic carbocycles. The van der Waals surface area contributed by atoms with E-state index in [9.17, 15) is 4.79 Å². The summed E-state index contributed by atoms with van der Waals surface area (Å²) in [6, 6.07) is 8.24. The minimum atomic E-state index is -0.0426. The second-order valence-corrected chi connectivity index (χ2v) is 5.73. The van der Waals surface area contributed by atoms with Gasteiger partial charge in [-0.25, -0.2) is 0 Å². The fraction of sp³-hybridized carbons (Fsp3) is 0.467. The summed E-state index contributed by atoms with van der Waals surface area (Å²) in [5.41, 5.74) is 8.29. The van der Waals surface area contributed by atoms with Crippen LogP contribution in [-0.4, -0.2) is 46.9 Å². The van der Waals surface area contributed by atoms with E-state index in [4.69, 9.17) is 18.0 Å². The second kappa shape index (κ2) is 6.33. The van der Waals surface area contributed by atoms with E-state index in [1.54, 1.807) is 6.92 Å². The van der Waals surface area contributed by atoms with Crippen molar-refractivity contribution >= 4 is 23.1 Å². The summed E-state index contributed by atoms with van der Waals surface area (Å²) in [5, 5.41) is 0. The van der Waals surface area contributed by atoms with Gasteiger partial charge in [-0.3, -0.25) is 9.69 Å². The Morgan fingerprint density at radius 3 is 2.45 bits per heavy atom. The highest BCUT2D eigenvalue weighted by Gasteiger charge is 2.27. The zero-order valence-electron chi connectivity index (χ0n) is 12.0. The molecule has 2 rings (SSSR count). The van der Waals surface area contributed by atoms with Gasteiger partial charge < -0.3 is 10.6 Å². The minimum Gasteiger partial charge on any atom is -0.392 e. The number of benzene rings is 1. The summed E-state index contributed by atoms with van der Waals surface area (Å²) in [5.74, 6) is 0.132. The molecule has 2 N–H and O–H groups in total. The molecule has 1 aliphatic heterocycles. The van der Waals surface area contributed by atoms with Crippen LogP contribution in [0, 0.1) is 6.92 Å². The Labute approximate surface area is 125 Å². The third-order valence-corrected chi connectivity index (χ3v) is 3.98. The SMILES string of the molecule is CC(=O)N1CCN(C(C(N)=S)c2cccc(C)c2)CC1. The summed E-state index contributed by atoms with van der Waals surface area (Å²) < 4.78 is 0. The molecule has 108 valence electrons. The number of nitrogens with two attached hydrogens (primary N) is 1. The zero-order chi connectivity index (χ0) is 14.7. The van der Waals surface area contributed by atoms with Crippen LogP contribution in [0.3, 0.4) is 0 Å². The van der Waals surface area contributed by atoms with Crippen LogP contribution in [0.1, 0.15) is 24.1 Å². The van der Waals surface area contributed by atoms with Gasteiger partial charge in [-0.1, -0.05) is 42.0 Å². The number of carbonyl (C=O) groups is 1. The summed E-state index contributed by atoms with van der Waals surface area (Å²) in [6.07, 6.45) is 0. The normalized spacial score (nSPS) is 17.8. The van der Waals surface area contributed by atoms with E-state index < -0.39 is 0 Å². The predicted molar refractivity (Wildman–Crippen MR) is 84.5 cm³/mol. The van der Waals surface area contributed by atoms with E-state index in [1.165, 1.54) is 5.56 Å². The molecular weight excluding hydrogens is 270 g/mol. The van der Waals surface area contributed by atoms with Crippen LogP contribution in [0.15, 0.2) is 24.3 Å². The van der Waals surface area contributed by atoms with Gasteiger partial charge in [-0.2, -0.15) is 0 Å². The molecule has 1 atom stereocenters. The molecule has 4 nitrogen and oxygen atoms in total. The van der Waals surface area contributed by atoms with Gasteiger partial charge in [0.15, 0.2) is 0 Å². The summed E-state index contributed by atoms with van der Waals surface area (Å²) in [6.45, 7) is 6.75. The molecule has 1 aromatic carbocycles. The maximum atomic E-state index is 11.4.